The minimum Gasteiger partial charge on any atom is -0.462 e. The molecule has 4 heteroatoms. The topological polar surface area (TPSA) is 52.6 Å². The lowest BCUT2D eigenvalue weighted by molar-refractivity contribution is -0.166. The van der Waals surface area contributed by atoms with Gasteiger partial charge in [0.2, 0.25) is 0 Å². The standard InChI is InChI=1S/C21H34O4/c1-5-19(6-2)24-20(23)14-21(4,25-15(3)22)11-7-8-17-12-16-9-10-18(17)13-16/h9-10,16-19H,5-8,11-14H2,1-4H3. The summed E-state index contributed by atoms with van der Waals surface area (Å²) in [4.78, 5) is 23.8. The van der Waals surface area contributed by atoms with Crippen molar-refractivity contribution in [1.82, 2.24) is 0 Å². The van der Waals surface area contributed by atoms with E-state index in [4.69, 9.17) is 9.47 Å². The number of carbonyl (C=O) groups excluding carboxylic acids is 2. The molecule has 0 spiro atoms. The zero-order valence-corrected chi connectivity index (χ0v) is 16.3. The van der Waals surface area contributed by atoms with Gasteiger partial charge in [0, 0.05) is 6.92 Å². The molecule has 25 heavy (non-hydrogen) atoms. The summed E-state index contributed by atoms with van der Waals surface area (Å²) in [6.07, 6.45) is 11.9. The van der Waals surface area contributed by atoms with E-state index < -0.39 is 5.60 Å². The lowest BCUT2D eigenvalue weighted by Crippen LogP contribution is -2.35. The first-order valence-electron chi connectivity index (χ1n) is 9.92. The number of carbonyl (C=O) groups is 2. The van der Waals surface area contributed by atoms with Crippen LogP contribution in [0.15, 0.2) is 12.2 Å². The van der Waals surface area contributed by atoms with Crippen LogP contribution in [0.2, 0.25) is 0 Å². The first-order valence-corrected chi connectivity index (χ1v) is 9.92. The second kappa shape index (κ2) is 8.86. The molecular formula is C21H34O4. The molecule has 0 aromatic rings. The molecular weight excluding hydrogens is 316 g/mol. The van der Waals surface area contributed by atoms with Crippen LogP contribution in [0.4, 0.5) is 0 Å². The molecule has 0 N–H and O–H groups in total. The summed E-state index contributed by atoms with van der Waals surface area (Å²) >= 11 is 0. The Kier molecular flexibility index (Phi) is 7.09. The van der Waals surface area contributed by atoms with Crippen LogP contribution in [-0.2, 0) is 19.1 Å². The molecule has 4 nitrogen and oxygen atoms in total. The number of rotatable bonds is 10. The minimum atomic E-state index is -0.762. The van der Waals surface area contributed by atoms with Crippen molar-refractivity contribution >= 4 is 11.9 Å². The van der Waals surface area contributed by atoms with Crippen LogP contribution in [0.25, 0.3) is 0 Å². The van der Waals surface area contributed by atoms with Gasteiger partial charge in [0.15, 0.2) is 0 Å². The summed E-state index contributed by atoms with van der Waals surface area (Å²) < 4.78 is 11.0. The van der Waals surface area contributed by atoms with Crippen LogP contribution < -0.4 is 0 Å². The predicted molar refractivity (Wildman–Crippen MR) is 97.9 cm³/mol. The molecule has 1 fully saturated rings. The summed E-state index contributed by atoms with van der Waals surface area (Å²) in [5.74, 6) is 1.68. The van der Waals surface area contributed by atoms with Crippen LogP contribution in [-0.4, -0.2) is 23.6 Å². The Hall–Kier alpha value is -1.32. The summed E-state index contributed by atoms with van der Waals surface area (Å²) in [7, 11) is 0. The molecule has 2 rings (SSSR count). The van der Waals surface area contributed by atoms with E-state index in [1.165, 1.54) is 19.8 Å². The maximum Gasteiger partial charge on any atom is 0.310 e. The quantitative estimate of drug-likeness (QED) is 0.419. The Bertz CT molecular complexity index is 494. The lowest BCUT2D eigenvalue weighted by Gasteiger charge is -2.30. The van der Waals surface area contributed by atoms with Crippen LogP contribution >= 0.6 is 0 Å². The maximum absolute atomic E-state index is 12.3. The van der Waals surface area contributed by atoms with Gasteiger partial charge in [0.1, 0.15) is 11.7 Å². The molecule has 4 atom stereocenters. The summed E-state index contributed by atoms with van der Waals surface area (Å²) in [5, 5.41) is 0. The van der Waals surface area contributed by atoms with Crippen LogP contribution in [0.1, 0.15) is 79.1 Å². The smallest absolute Gasteiger partial charge is 0.310 e. The van der Waals surface area contributed by atoms with E-state index in [1.807, 2.05) is 20.8 Å². The average molecular weight is 350 g/mol. The Morgan fingerprint density at radius 2 is 1.92 bits per heavy atom. The van der Waals surface area contributed by atoms with Crippen molar-refractivity contribution in [3.05, 3.63) is 12.2 Å². The molecule has 0 aromatic carbocycles. The fraction of sp³-hybridized carbons (Fsp3) is 0.810. The van der Waals surface area contributed by atoms with Gasteiger partial charge in [0.25, 0.3) is 0 Å². The van der Waals surface area contributed by atoms with Gasteiger partial charge < -0.3 is 9.47 Å². The molecule has 0 saturated heterocycles. The highest BCUT2D eigenvalue weighted by Gasteiger charge is 2.36. The van der Waals surface area contributed by atoms with Gasteiger partial charge in [0.05, 0.1) is 6.42 Å². The first kappa shape index (κ1) is 20.0. The summed E-state index contributed by atoms with van der Waals surface area (Å²) in [6.45, 7) is 7.29. The first-order chi connectivity index (χ1) is 11.8. The van der Waals surface area contributed by atoms with Crippen LogP contribution in [0, 0.1) is 17.8 Å². The third-order valence-electron chi connectivity index (χ3n) is 5.81. The van der Waals surface area contributed by atoms with Gasteiger partial charge in [-0.2, -0.15) is 0 Å². The van der Waals surface area contributed by atoms with E-state index in [1.54, 1.807) is 0 Å². The van der Waals surface area contributed by atoms with E-state index in [9.17, 15) is 9.59 Å². The van der Waals surface area contributed by atoms with Crippen molar-refractivity contribution in [3.63, 3.8) is 0 Å². The van der Waals surface area contributed by atoms with Gasteiger partial charge in [-0.05, 0) is 69.6 Å². The molecule has 1 saturated carbocycles. The van der Waals surface area contributed by atoms with Crippen molar-refractivity contribution in [1.29, 1.82) is 0 Å². The second-order valence-corrected chi connectivity index (χ2v) is 8.08. The molecule has 4 unspecified atom stereocenters. The summed E-state index contributed by atoms with van der Waals surface area (Å²) in [6, 6.07) is 0. The largest absolute Gasteiger partial charge is 0.462 e. The van der Waals surface area contributed by atoms with E-state index in [0.29, 0.717) is 6.42 Å². The maximum atomic E-state index is 12.3. The van der Waals surface area contributed by atoms with Gasteiger partial charge in [-0.15, -0.1) is 0 Å². The fourth-order valence-corrected chi connectivity index (χ4v) is 4.48. The number of allylic oxidation sites excluding steroid dienone is 2. The summed E-state index contributed by atoms with van der Waals surface area (Å²) in [5.41, 5.74) is -0.762. The zero-order chi connectivity index (χ0) is 18.4. The Labute approximate surface area is 152 Å². The molecule has 2 aliphatic rings. The highest BCUT2D eigenvalue weighted by Crippen LogP contribution is 2.45. The highest BCUT2D eigenvalue weighted by atomic mass is 16.6. The predicted octanol–water partition coefficient (Wildman–Crippen LogP) is 4.81. The SMILES string of the molecule is CCC(CC)OC(=O)CC(C)(CCCC1CC2C=CC1C2)OC(C)=O. The third-order valence-corrected chi connectivity index (χ3v) is 5.81. The van der Waals surface area contributed by atoms with Crippen LogP contribution in [0.3, 0.4) is 0 Å². The third kappa shape index (κ3) is 5.86. The average Bonchev–Trinajstić information content (AvgIpc) is 3.14. The van der Waals surface area contributed by atoms with Crippen molar-refractivity contribution in [2.24, 2.45) is 17.8 Å². The van der Waals surface area contributed by atoms with Crippen molar-refractivity contribution < 1.29 is 19.1 Å². The van der Waals surface area contributed by atoms with E-state index in [-0.39, 0.29) is 24.5 Å². The van der Waals surface area contributed by atoms with Gasteiger partial charge >= 0.3 is 11.9 Å². The minimum absolute atomic E-state index is 0.0464. The zero-order valence-electron chi connectivity index (χ0n) is 16.3. The molecule has 0 aliphatic heterocycles. The van der Waals surface area contributed by atoms with Crippen LogP contribution in [0.5, 0.6) is 0 Å². The van der Waals surface area contributed by atoms with Gasteiger partial charge in [-0.3, -0.25) is 9.59 Å². The second-order valence-electron chi connectivity index (χ2n) is 8.08. The van der Waals surface area contributed by atoms with Gasteiger partial charge in [-0.1, -0.05) is 26.0 Å². The van der Waals surface area contributed by atoms with Crippen molar-refractivity contribution in [2.45, 2.75) is 90.8 Å². The number of fused-ring (bicyclic) bond motifs is 2. The number of esters is 2. The molecule has 0 amide bonds. The number of ether oxygens (including phenoxy) is 2. The number of hydrogen-bond donors (Lipinski definition) is 0. The molecule has 2 bridgehead atoms. The van der Waals surface area contributed by atoms with E-state index >= 15 is 0 Å². The fourth-order valence-electron chi connectivity index (χ4n) is 4.48. The monoisotopic (exact) mass is 350 g/mol. The lowest BCUT2D eigenvalue weighted by atomic mass is 9.86. The Balaban J connectivity index is 1.84. The molecule has 0 radical (unpaired) electrons. The Morgan fingerprint density at radius 1 is 1.20 bits per heavy atom. The number of hydrogen-bond acceptors (Lipinski definition) is 4. The molecule has 0 heterocycles. The highest BCUT2D eigenvalue weighted by molar-refractivity contribution is 5.72. The Morgan fingerprint density at radius 3 is 2.44 bits per heavy atom. The van der Waals surface area contributed by atoms with Crippen molar-refractivity contribution in [2.75, 3.05) is 0 Å². The van der Waals surface area contributed by atoms with E-state index in [0.717, 1.165) is 43.4 Å². The van der Waals surface area contributed by atoms with E-state index in [2.05, 4.69) is 12.2 Å². The van der Waals surface area contributed by atoms with Gasteiger partial charge in [-0.25, -0.2) is 0 Å². The normalized spacial score (nSPS) is 26.7. The molecule has 2 aliphatic carbocycles. The molecule has 0 aromatic heterocycles. The molecule has 142 valence electrons. The van der Waals surface area contributed by atoms with Crippen molar-refractivity contribution in [3.8, 4) is 0 Å².